The largest absolute Gasteiger partial charge is 0.328 e. The summed E-state index contributed by atoms with van der Waals surface area (Å²) < 4.78 is 0. The molecule has 0 aromatic heterocycles. The highest BCUT2D eigenvalue weighted by Gasteiger charge is 2.46. The van der Waals surface area contributed by atoms with Gasteiger partial charge in [-0.15, -0.1) is 12.4 Å². The van der Waals surface area contributed by atoms with E-state index in [1.54, 1.807) is 0 Å². The molecule has 1 unspecified atom stereocenters. The summed E-state index contributed by atoms with van der Waals surface area (Å²) in [6.45, 7) is 3.80. The number of halogens is 1. The van der Waals surface area contributed by atoms with Crippen LogP contribution in [0, 0.1) is 5.41 Å². The zero-order valence-corrected chi connectivity index (χ0v) is 10.4. The van der Waals surface area contributed by atoms with E-state index in [1.165, 1.54) is 45.1 Å². The second-order valence-electron chi connectivity index (χ2n) is 6.10. The van der Waals surface area contributed by atoms with Crippen LogP contribution in [0.15, 0.2) is 0 Å². The summed E-state index contributed by atoms with van der Waals surface area (Å²) in [4.78, 5) is 2.79. The molecular formula is C12H23ClN2. The van der Waals surface area contributed by atoms with Crippen LogP contribution in [0.4, 0.5) is 0 Å². The van der Waals surface area contributed by atoms with Crippen molar-refractivity contribution >= 4 is 12.4 Å². The molecule has 3 fully saturated rings. The molecule has 2 aliphatic heterocycles. The normalized spacial score (nSPS) is 42.4. The van der Waals surface area contributed by atoms with E-state index in [9.17, 15) is 0 Å². The molecule has 2 heterocycles. The molecule has 2 bridgehead atoms. The summed E-state index contributed by atoms with van der Waals surface area (Å²) in [5.74, 6) is 0. The maximum Gasteiger partial charge on any atom is 0.0114 e. The van der Waals surface area contributed by atoms with Crippen molar-refractivity contribution in [2.24, 2.45) is 11.1 Å². The van der Waals surface area contributed by atoms with Crippen LogP contribution in [0.1, 0.15) is 45.4 Å². The quantitative estimate of drug-likeness (QED) is 0.788. The van der Waals surface area contributed by atoms with Gasteiger partial charge in [-0.25, -0.2) is 0 Å². The third-order valence-electron chi connectivity index (χ3n) is 4.59. The van der Waals surface area contributed by atoms with E-state index in [2.05, 4.69) is 11.8 Å². The lowest BCUT2D eigenvalue weighted by Gasteiger charge is -2.39. The fraction of sp³-hybridized carbons (Fsp3) is 1.00. The number of rotatable bonds is 2. The van der Waals surface area contributed by atoms with Crippen LogP contribution in [0.2, 0.25) is 0 Å². The SMILES string of the molecule is CC1(CN2[C@@H]3CC[C@H]2CC(N)C3)CC1.Cl. The summed E-state index contributed by atoms with van der Waals surface area (Å²) in [6.07, 6.45) is 8.24. The molecule has 1 aliphatic carbocycles. The molecule has 3 rings (SSSR count). The Hall–Kier alpha value is 0.210. The highest BCUT2D eigenvalue weighted by molar-refractivity contribution is 5.85. The Morgan fingerprint density at radius 2 is 1.73 bits per heavy atom. The summed E-state index contributed by atoms with van der Waals surface area (Å²) in [6, 6.07) is 2.16. The number of hydrogen-bond donors (Lipinski definition) is 1. The molecule has 2 nitrogen and oxygen atoms in total. The zero-order chi connectivity index (χ0) is 9.76. The molecule has 0 spiro atoms. The molecule has 3 aliphatic rings. The molecular weight excluding hydrogens is 208 g/mol. The zero-order valence-electron chi connectivity index (χ0n) is 9.61. The highest BCUT2D eigenvalue weighted by Crippen LogP contribution is 2.48. The summed E-state index contributed by atoms with van der Waals surface area (Å²) in [5.41, 5.74) is 6.75. The van der Waals surface area contributed by atoms with E-state index in [-0.39, 0.29) is 12.4 Å². The second-order valence-corrected chi connectivity index (χ2v) is 6.10. The fourth-order valence-electron chi connectivity index (χ4n) is 3.39. The molecule has 1 saturated carbocycles. The molecule has 15 heavy (non-hydrogen) atoms. The molecule has 0 aromatic rings. The number of hydrogen-bond acceptors (Lipinski definition) is 2. The minimum atomic E-state index is 0. The van der Waals surface area contributed by atoms with E-state index in [0.717, 1.165) is 12.1 Å². The Bertz CT molecular complexity index is 226. The van der Waals surface area contributed by atoms with Gasteiger partial charge in [-0.05, 0) is 43.9 Å². The maximum atomic E-state index is 6.07. The van der Waals surface area contributed by atoms with Crippen molar-refractivity contribution in [3.63, 3.8) is 0 Å². The predicted octanol–water partition coefficient (Wildman–Crippen LogP) is 2.16. The van der Waals surface area contributed by atoms with E-state index >= 15 is 0 Å². The predicted molar refractivity (Wildman–Crippen MR) is 65.3 cm³/mol. The van der Waals surface area contributed by atoms with Crippen LogP contribution in [-0.4, -0.2) is 29.6 Å². The van der Waals surface area contributed by atoms with Crippen molar-refractivity contribution < 1.29 is 0 Å². The van der Waals surface area contributed by atoms with Gasteiger partial charge in [0, 0.05) is 24.7 Å². The standard InChI is InChI=1S/C12H22N2.ClH/c1-12(4-5-12)8-14-10-2-3-11(14)7-9(13)6-10;/h9-11H,2-8,13H2,1H3;1H/t9?,10-,11+;. The van der Waals surface area contributed by atoms with Crippen LogP contribution >= 0.6 is 12.4 Å². The van der Waals surface area contributed by atoms with Crippen LogP contribution < -0.4 is 5.73 Å². The lowest BCUT2D eigenvalue weighted by Crippen LogP contribution is -2.49. The van der Waals surface area contributed by atoms with Crippen LogP contribution in [0.5, 0.6) is 0 Å². The van der Waals surface area contributed by atoms with Gasteiger partial charge in [0.15, 0.2) is 0 Å². The maximum absolute atomic E-state index is 6.07. The summed E-state index contributed by atoms with van der Waals surface area (Å²) in [5, 5.41) is 0. The van der Waals surface area contributed by atoms with Crippen LogP contribution in [0.25, 0.3) is 0 Å². The van der Waals surface area contributed by atoms with Gasteiger partial charge >= 0.3 is 0 Å². The minimum Gasteiger partial charge on any atom is -0.328 e. The molecule has 0 aromatic carbocycles. The Morgan fingerprint density at radius 1 is 1.20 bits per heavy atom. The Labute approximate surface area is 99.0 Å². The fourth-order valence-corrected chi connectivity index (χ4v) is 3.39. The van der Waals surface area contributed by atoms with Crippen molar-refractivity contribution in [1.82, 2.24) is 4.90 Å². The number of nitrogens with zero attached hydrogens (tertiary/aromatic N) is 1. The first kappa shape index (κ1) is 11.7. The third kappa shape index (κ3) is 2.17. The monoisotopic (exact) mass is 230 g/mol. The smallest absolute Gasteiger partial charge is 0.0114 e. The number of nitrogens with two attached hydrogens (primary N) is 1. The van der Waals surface area contributed by atoms with E-state index < -0.39 is 0 Å². The van der Waals surface area contributed by atoms with E-state index in [4.69, 9.17) is 5.73 Å². The van der Waals surface area contributed by atoms with Crippen molar-refractivity contribution in [2.45, 2.75) is 63.6 Å². The first-order chi connectivity index (χ1) is 6.66. The molecule has 2 N–H and O–H groups in total. The van der Waals surface area contributed by atoms with Crippen molar-refractivity contribution in [3.8, 4) is 0 Å². The van der Waals surface area contributed by atoms with Crippen LogP contribution in [0.3, 0.4) is 0 Å². The summed E-state index contributed by atoms with van der Waals surface area (Å²) >= 11 is 0. The lowest BCUT2D eigenvalue weighted by atomic mass is 9.96. The first-order valence-electron chi connectivity index (χ1n) is 6.18. The lowest BCUT2D eigenvalue weighted by molar-refractivity contribution is 0.105. The van der Waals surface area contributed by atoms with Gasteiger partial charge in [-0.1, -0.05) is 6.92 Å². The molecule has 3 atom stereocenters. The topological polar surface area (TPSA) is 29.3 Å². The molecule has 3 heteroatoms. The van der Waals surface area contributed by atoms with E-state index in [1.807, 2.05) is 0 Å². The number of fused-ring (bicyclic) bond motifs is 2. The second kappa shape index (κ2) is 3.90. The Kier molecular flexibility index (Phi) is 3.04. The molecule has 0 radical (unpaired) electrons. The van der Waals surface area contributed by atoms with Crippen molar-refractivity contribution in [1.29, 1.82) is 0 Å². The average Bonchev–Trinajstić information content (AvgIpc) is 2.80. The van der Waals surface area contributed by atoms with Gasteiger partial charge in [0.25, 0.3) is 0 Å². The van der Waals surface area contributed by atoms with Gasteiger partial charge < -0.3 is 5.73 Å². The molecule has 2 saturated heterocycles. The average molecular weight is 231 g/mol. The number of piperidine rings is 1. The van der Waals surface area contributed by atoms with Gasteiger partial charge in [0.1, 0.15) is 0 Å². The Morgan fingerprint density at radius 3 is 2.20 bits per heavy atom. The van der Waals surface area contributed by atoms with Crippen molar-refractivity contribution in [2.75, 3.05) is 6.54 Å². The summed E-state index contributed by atoms with van der Waals surface area (Å²) in [7, 11) is 0. The molecule has 88 valence electrons. The van der Waals surface area contributed by atoms with Gasteiger partial charge in [-0.2, -0.15) is 0 Å². The van der Waals surface area contributed by atoms with Gasteiger partial charge in [-0.3, -0.25) is 4.90 Å². The van der Waals surface area contributed by atoms with Gasteiger partial charge in [0.05, 0.1) is 0 Å². The third-order valence-corrected chi connectivity index (χ3v) is 4.59. The molecule has 0 amide bonds. The minimum absolute atomic E-state index is 0. The van der Waals surface area contributed by atoms with Crippen LogP contribution in [-0.2, 0) is 0 Å². The van der Waals surface area contributed by atoms with Gasteiger partial charge in [0.2, 0.25) is 0 Å². The van der Waals surface area contributed by atoms with E-state index in [0.29, 0.717) is 11.5 Å². The Balaban J connectivity index is 0.000000853. The first-order valence-corrected chi connectivity index (χ1v) is 6.18. The highest BCUT2D eigenvalue weighted by atomic mass is 35.5. The van der Waals surface area contributed by atoms with Crippen molar-refractivity contribution in [3.05, 3.63) is 0 Å².